The summed E-state index contributed by atoms with van der Waals surface area (Å²) in [7, 11) is 0. The van der Waals surface area contributed by atoms with E-state index in [1.807, 2.05) is 45.0 Å². The van der Waals surface area contributed by atoms with Crippen LogP contribution in [0.15, 0.2) is 29.3 Å². The predicted molar refractivity (Wildman–Crippen MR) is 75.4 cm³/mol. The van der Waals surface area contributed by atoms with Crippen molar-refractivity contribution in [1.29, 1.82) is 0 Å². The molecule has 1 aromatic rings. The van der Waals surface area contributed by atoms with E-state index in [1.54, 1.807) is 0 Å². The number of ether oxygens (including phenoxy) is 1. The summed E-state index contributed by atoms with van der Waals surface area (Å²) in [6, 6.07) is 7.98. The van der Waals surface area contributed by atoms with Crippen molar-refractivity contribution < 1.29 is 9.53 Å². The summed E-state index contributed by atoms with van der Waals surface area (Å²) in [5, 5.41) is 5.88. The minimum absolute atomic E-state index is 0.337. The number of fused-ring (bicyclic) bond motifs is 1. The minimum atomic E-state index is -0.488. The number of alkyl carbamates (subject to hydrolysis) is 1. The molecule has 0 fully saturated rings. The van der Waals surface area contributed by atoms with Crippen LogP contribution in [0.1, 0.15) is 26.3 Å². The lowest BCUT2D eigenvalue weighted by Crippen LogP contribution is -2.38. The molecule has 0 aliphatic carbocycles. The number of benzene rings is 1. The first-order valence-electron chi connectivity index (χ1n) is 6.29. The zero-order valence-corrected chi connectivity index (χ0v) is 11.5. The number of amidine groups is 1. The van der Waals surface area contributed by atoms with Gasteiger partial charge in [0.05, 0.1) is 13.1 Å². The fraction of sp³-hybridized carbons (Fsp3) is 0.429. The second kappa shape index (κ2) is 5.30. The normalized spacial score (nSPS) is 13.9. The highest BCUT2D eigenvalue weighted by Crippen LogP contribution is 2.19. The van der Waals surface area contributed by atoms with Crippen LogP contribution in [0.25, 0.3) is 0 Å². The van der Waals surface area contributed by atoms with Gasteiger partial charge in [-0.05, 0) is 32.4 Å². The van der Waals surface area contributed by atoms with Crippen molar-refractivity contribution in [2.45, 2.75) is 32.9 Å². The Labute approximate surface area is 113 Å². The number of para-hydroxylation sites is 1. The molecule has 102 valence electrons. The maximum absolute atomic E-state index is 11.5. The predicted octanol–water partition coefficient (Wildman–Crippen LogP) is 2.54. The van der Waals surface area contributed by atoms with Crippen LogP contribution in [-0.2, 0) is 11.3 Å². The van der Waals surface area contributed by atoms with Gasteiger partial charge in [0.2, 0.25) is 0 Å². The van der Waals surface area contributed by atoms with Gasteiger partial charge < -0.3 is 15.4 Å². The average Bonchev–Trinajstić information content (AvgIpc) is 2.34. The summed E-state index contributed by atoms with van der Waals surface area (Å²) < 4.78 is 5.17. The van der Waals surface area contributed by atoms with Crippen LogP contribution in [0.5, 0.6) is 0 Å². The summed E-state index contributed by atoms with van der Waals surface area (Å²) in [5.41, 5.74) is 1.71. The molecule has 0 unspecified atom stereocenters. The van der Waals surface area contributed by atoms with E-state index in [0.717, 1.165) is 17.1 Å². The van der Waals surface area contributed by atoms with Gasteiger partial charge in [0, 0.05) is 5.69 Å². The Morgan fingerprint density at radius 1 is 1.42 bits per heavy atom. The Morgan fingerprint density at radius 2 is 2.16 bits per heavy atom. The van der Waals surface area contributed by atoms with E-state index in [1.165, 1.54) is 0 Å². The number of nitrogens with one attached hydrogen (secondary N) is 2. The molecule has 0 spiro atoms. The fourth-order valence-electron chi connectivity index (χ4n) is 1.73. The molecule has 5 nitrogen and oxygen atoms in total. The molecule has 0 saturated carbocycles. The van der Waals surface area contributed by atoms with Crippen LogP contribution in [-0.4, -0.2) is 24.1 Å². The Kier molecular flexibility index (Phi) is 3.74. The minimum Gasteiger partial charge on any atom is -0.444 e. The SMILES string of the molecule is CC(C)(C)OC(=O)NCC1=NCc2ccccc2N1. The molecule has 1 aliphatic heterocycles. The molecular weight excluding hydrogens is 242 g/mol. The molecule has 1 aliphatic rings. The van der Waals surface area contributed by atoms with Gasteiger partial charge >= 0.3 is 6.09 Å². The summed E-state index contributed by atoms with van der Waals surface area (Å²) in [6.07, 6.45) is -0.434. The largest absolute Gasteiger partial charge is 0.444 e. The molecular formula is C14H19N3O2. The van der Waals surface area contributed by atoms with Gasteiger partial charge in [-0.25, -0.2) is 4.79 Å². The monoisotopic (exact) mass is 261 g/mol. The van der Waals surface area contributed by atoms with Gasteiger partial charge in [-0.3, -0.25) is 4.99 Å². The molecule has 1 aromatic carbocycles. The van der Waals surface area contributed by atoms with Gasteiger partial charge in [0.1, 0.15) is 11.4 Å². The molecule has 0 atom stereocenters. The highest BCUT2D eigenvalue weighted by atomic mass is 16.6. The lowest BCUT2D eigenvalue weighted by atomic mass is 10.1. The van der Waals surface area contributed by atoms with Gasteiger partial charge in [-0.2, -0.15) is 0 Å². The standard InChI is InChI=1S/C14H19N3O2/c1-14(2,3)19-13(18)16-9-12-15-8-10-6-4-5-7-11(10)17-12/h4-7H,8-9H2,1-3H3,(H,15,17)(H,16,18). The number of anilines is 1. The second-order valence-electron chi connectivity index (χ2n) is 5.40. The van der Waals surface area contributed by atoms with Gasteiger partial charge in [-0.1, -0.05) is 18.2 Å². The van der Waals surface area contributed by atoms with E-state index in [2.05, 4.69) is 15.6 Å². The van der Waals surface area contributed by atoms with Gasteiger partial charge in [0.25, 0.3) is 0 Å². The first-order valence-corrected chi connectivity index (χ1v) is 6.29. The third kappa shape index (κ3) is 3.98. The lowest BCUT2D eigenvalue weighted by Gasteiger charge is -2.21. The number of rotatable bonds is 2. The maximum Gasteiger partial charge on any atom is 0.408 e. The number of hydrogen-bond donors (Lipinski definition) is 2. The summed E-state index contributed by atoms with van der Waals surface area (Å²) in [4.78, 5) is 15.9. The van der Waals surface area contributed by atoms with Crippen molar-refractivity contribution in [3.8, 4) is 0 Å². The van der Waals surface area contributed by atoms with Crippen LogP contribution in [0.4, 0.5) is 10.5 Å². The maximum atomic E-state index is 11.5. The zero-order chi connectivity index (χ0) is 13.9. The van der Waals surface area contributed by atoms with E-state index in [9.17, 15) is 4.79 Å². The molecule has 1 heterocycles. The lowest BCUT2D eigenvalue weighted by molar-refractivity contribution is 0.0536. The molecule has 0 saturated heterocycles. The van der Waals surface area contributed by atoms with Crippen LogP contribution in [0, 0.1) is 0 Å². The van der Waals surface area contributed by atoms with Crippen LogP contribution < -0.4 is 10.6 Å². The van der Waals surface area contributed by atoms with Gasteiger partial charge in [-0.15, -0.1) is 0 Å². The van der Waals surface area contributed by atoms with Crippen LogP contribution >= 0.6 is 0 Å². The number of carbonyl (C=O) groups is 1. The van der Waals surface area contributed by atoms with E-state index < -0.39 is 11.7 Å². The molecule has 2 N–H and O–H groups in total. The highest BCUT2D eigenvalue weighted by Gasteiger charge is 2.17. The number of carbonyl (C=O) groups excluding carboxylic acids is 1. The molecule has 0 aromatic heterocycles. The Bertz CT molecular complexity index is 504. The van der Waals surface area contributed by atoms with E-state index >= 15 is 0 Å². The fourth-order valence-corrected chi connectivity index (χ4v) is 1.73. The number of nitrogens with zero attached hydrogens (tertiary/aromatic N) is 1. The van der Waals surface area contributed by atoms with E-state index in [4.69, 9.17) is 4.74 Å². The van der Waals surface area contributed by atoms with Crippen molar-refractivity contribution in [2.24, 2.45) is 4.99 Å². The second-order valence-corrected chi connectivity index (χ2v) is 5.40. The first kappa shape index (κ1) is 13.4. The number of aliphatic imine (C=N–C) groups is 1. The summed E-state index contributed by atoms with van der Waals surface area (Å²) >= 11 is 0. The smallest absolute Gasteiger partial charge is 0.408 e. The van der Waals surface area contributed by atoms with Crippen molar-refractivity contribution in [1.82, 2.24) is 5.32 Å². The summed E-state index contributed by atoms with van der Waals surface area (Å²) in [6.45, 7) is 6.47. The molecule has 1 amide bonds. The van der Waals surface area contributed by atoms with Crippen LogP contribution in [0.2, 0.25) is 0 Å². The van der Waals surface area contributed by atoms with Crippen molar-refractivity contribution in [2.75, 3.05) is 11.9 Å². The van der Waals surface area contributed by atoms with E-state index in [0.29, 0.717) is 13.1 Å². The van der Waals surface area contributed by atoms with Crippen molar-refractivity contribution in [3.63, 3.8) is 0 Å². The molecule has 2 rings (SSSR count). The number of hydrogen-bond acceptors (Lipinski definition) is 4. The van der Waals surface area contributed by atoms with E-state index in [-0.39, 0.29) is 0 Å². The average molecular weight is 261 g/mol. The zero-order valence-electron chi connectivity index (χ0n) is 11.5. The van der Waals surface area contributed by atoms with Gasteiger partial charge in [0.15, 0.2) is 0 Å². The summed E-state index contributed by atoms with van der Waals surface area (Å²) in [5.74, 6) is 0.740. The highest BCUT2D eigenvalue weighted by molar-refractivity contribution is 6.00. The molecule has 0 radical (unpaired) electrons. The first-order chi connectivity index (χ1) is 8.94. The Hall–Kier alpha value is -2.04. The van der Waals surface area contributed by atoms with Crippen LogP contribution in [0.3, 0.4) is 0 Å². The molecule has 0 bridgehead atoms. The third-order valence-corrected chi connectivity index (χ3v) is 2.54. The third-order valence-electron chi connectivity index (χ3n) is 2.54. The Morgan fingerprint density at radius 3 is 2.89 bits per heavy atom. The topological polar surface area (TPSA) is 62.7 Å². The van der Waals surface area contributed by atoms with Crippen molar-refractivity contribution in [3.05, 3.63) is 29.8 Å². The molecule has 5 heteroatoms. The molecule has 19 heavy (non-hydrogen) atoms. The quantitative estimate of drug-likeness (QED) is 0.860. The Balaban J connectivity index is 1.86. The number of amides is 1. The van der Waals surface area contributed by atoms with Crippen molar-refractivity contribution >= 4 is 17.6 Å².